The van der Waals surface area contributed by atoms with Crippen molar-refractivity contribution in [3.05, 3.63) is 22.2 Å². The zero-order valence-electron chi connectivity index (χ0n) is 7.10. The fraction of sp³-hybridized carbons (Fsp3) is 0.333. The molecule has 13 heavy (non-hydrogen) atoms. The second kappa shape index (κ2) is 3.28. The van der Waals surface area contributed by atoms with Gasteiger partial charge in [0.05, 0.1) is 22.3 Å². The van der Waals surface area contributed by atoms with Gasteiger partial charge in [-0.25, -0.2) is 0 Å². The minimum atomic E-state index is 0.171. The van der Waals surface area contributed by atoms with E-state index in [-0.39, 0.29) is 6.10 Å². The highest BCUT2D eigenvalue weighted by molar-refractivity contribution is 6.42. The summed E-state index contributed by atoms with van der Waals surface area (Å²) in [7, 11) is 0. The van der Waals surface area contributed by atoms with E-state index in [0.717, 1.165) is 18.0 Å². The lowest BCUT2D eigenvalue weighted by Crippen LogP contribution is -2.27. The molecule has 1 atom stereocenters. The Morgan fingerprint density at radius 3 is 2.85 bits per heavy atom. The van der Waals surface area contributed by atoms with Gasteiger partial charge in [-0.1, -0.05) is 23.2 Å². The van der Waals surface area contributed by atoms with Crippen molar-refractivity contribution in [1.29, 1.82) is 0 Å². The number of halogens is 2. The maximum absolute atomic E-state index is 5.85. The van der Waals surface area contributed by atoms with Gasteiger partial charge in [-0.2, -0.15) is 0 Å². The number of rotatable bonds is 0. The van der Waals surface area contributed by atoms with Gasteiger partial charge in [0, 0.05) is 6.07 Å². The van der Waals surface area contributed by atoms with Crippen LogP contribution in [-0.2, 0) is 0 Å². The Balaban J connectivity index is 2.43. The van der Waals surface area contributed by atoms with Crippen molar-refractivity contribution in [3.63, 3.8) is 0 Å². The Morgan fingerprint density at radius 2 is 2.08 bits per heavy atom. The molecule has 0 amide bonds. The van der Waals surface area contributed by atoms with Crippen LogP contribution in [0.5, 0.6) is 5.75 Å². The number of ether oxygens (including phenoxy) is 1. The molecule has 1 aliphatic heterocycles. The van der Waals surface area contributed by atoms with Gasteiger partial charge in [-0.15, -0.1) is 0 Å². The number of hydrogen-bond acceptors (Lipinski definition) is 2. The summed E-state index contributed by atoms with van der Waals surface area (Å²) >= 11 is 11.7. The molecule has 0 aliphatic carbocycles. The van der Waals surface area contributed by atoms with Gasteiger partial charge in [-0.05, 0) is 13.0 Å². The van der Waals surface area contributed by atoms with Gasteiger partial charge < -0.3 is 10.1 Å². The normalized spacial score (nSPS) is 20.1. The highest BCUT2D eigenvalue weighted by Gasteiger charge is 2.16. The van der Waals surface area contributed by atoms with Crippen molar-refractivity contribution in [2.75, 3.05) is 11.9 Å². The standard InChI is InChI=1S/C9H9Cl2NO/c1-5-4-12-8-2-6(10)7(11)3-9(8)13-5/h2-3,5,12H,4H2,1H3. The van der Waals surface area contributed by atoms with E-state index >= 15 is 0 Å². The molecule has 0 saturated heterocycles. The third kappa shape index (κ3) is 1.69. The van der Waals surface area contributed by atoms with Crippen molar-refractivity contribution < 1.29 is 4.74 Å². The molecular weight excluding hydrogens is 209 g/mol. The zero-order valence-corrected chi connectivity index (χ0v) is 8.62. The quantitative estimate of drug-likeness (QED) is 0.721. The molecule has 1 aromatic rings. The zero-order chi connectivity index (χ0) is 9.42. The van der Waals surface area contributed by atoms with Crippen LogP contribution in [0.25, 0.3) is 0 Å². The molecule has 0 spiro atoms. The first-order chi connectivity index (χ1) is 6.16. The molecule has 2 nitrogen and oxygen atoms in total. The molecule has 0 aromatic heterocycles. The lowest BCUT2D eigenvalue weighted by atomic mass is 10.2. The summed E-state index contributed by atoms with van der Waals surface area (Å²) in [5, 5.41) is 4.28. The second-order valence-corrected chi connectivity index (χ2v) is 3.89. The van der Waals surface area contributed by atoms with Crippen LogP contribution in [-0.4, -0.2) is 12.6 Å². The largest absolute Gasteiger partial charge is 0.487 e. The van der Waals surface area contributed by atoms with Gasteiger partial charge in [0.25, 0.3) is 0 Å². The maximum atomic E-state index is 5.85. The summed E-state index contributed by atoms with van der Waals surface area (Å²) in [4.78, 5) is 0. The van der Waals surface area contributed by atoms with Crippen LogP contribution >= 0.6 is 23.2 Å². The van der Waals surface area contributed by atoms with E-state index in [1.165, 1.54) is 0 Å². The summed E-state index contributed by atoms with van der Waals surface area (Å²) in [5.74, 6) is 0.771. The van der Waals surface area contributed by atoms with E-state index < -0.39 is 0 Å². The smallest absolute Gasteiger partial charge is 0.144 e. The summed E-state index contributed by atoms with van der Waals surface area (Å²) in [5.41, 5.74) is 0.910. The van der Waals surface area contributed by atoms with Crippen molar-refractivity contribution in [3.8, 4) is 5.75 Å². The fourth-order valence-electron chi connectivity index (χ4n) is 1.28. The molecule has 70 valence electrons. The number of hydrogen-bond donors (Lipinski definition) is 1. The Kier molecular flexibility index (Phi) is 2.26. The Labute approximate surface area is 86.8 Å². The first-order valence-corrected chi connectivity index (χ1v) is 4.82. The Hall–Kier alpha value is -0.600. The van der Waals surface area contributed by atoms with Crippen molar-refractivity contribution >= 4 is 28.9 Å². The number of benzene rings is 1. The molecule has 1 aromatic carbocycles. The average molecular weight is 218 g/mol. The van der Waals surface area contributed by atoms with E-state index in [1.807, 2.05) is 6.92 Å². The second-order valence-electron chi connectivity index (χ2n) is 3.07. The number of fused-ring (bicyclic) bond motifs is 1. The summed E-state index contributed by atoms with van der Waals surface area (Å²) in [6, 6.07) is 3.52. The van der Waals surface area contributed by atoms with Crippen LogP contribution in [0.1, 0.15) is 6.92 Å². The van der Waals surface area contributed by atoms with Crippen LogP contribution < -0.4 is 10.1 Å². The lowest BCUT2D eigenvalue weighted by molar-refractivity contribution is 0.226. The van der Waals surface area contributed by atoms with E-state index in [4.69, 9.17) is 27.9 Å². The minimum Gasteiger partial charge on any atom is -0.487 e. The highest BCUT2D eigenvalue weighted by atomic mass is 35.5. The highest BCUT2D eigenvalue weighted by Crippen LogP contribution is 2.36. The van der Waals surface area contributed by atoms with Crippen molar-refractivity contribution in [2.45, 2.75) is 13.0 Å². The third-order valence-corrected chi connectivity index (χ3v) is 2.65. The first kappa shape index (κ1) is 8.97. The summed E-state index contributed by atoms with van der Waals surface area (Å²) < 4.78 is 5.56. The average Bonchev–Trinajstić information content (AvgIpc) is 2.08. The van der Waals surface area contributed by atoms with Gasteiger partial charge in [0.2, 0.25) is 0 Å². The van der Waals surface area contributed by atoms with Crippen LogP contribution in [0.15, 0.2) is 12.1 Å². The SMILES string of the molecule is CC1CNc2cc(Cl)c(Cl)cc2O1. The maximum Gasteiger partial charge on any atom is 0.144 e. The molecule has 0 fully saturated rings. The molecule has 4 heteroatoms. The van der Waals surface area contributed by atoms with Crippen molar-refractivity contribution in [2.24, 2.45) is 0 Å². The minimum absolute atomic E-state index is 0.171. The van der Waals surface area contributed by atoms with Gasteiger partial charge >= 0.3 is 0 Å². The molecule has 1 heterocycles. The Bertz CT molecular complexity index is 341. The van der Waals surface area contributed by atoms with Gasteiger partial charge in [0.15, 0.2) is 0 Å². The molecule has 2 rings (SSSR count). The number of anilines is 1. The molecule has 1 unspecified atom stereocenters. The fourth-order valence-corrected chi connectivity index (χ4v) is 1.59. The third-order valence-electron chi connectivity index (χ3n) is 1.93. The van der Waals surface area contributed by atoms with Gasteiger partial charge in [-0.3, -0.25) is 0 Å². The number of nitrogens with one attached hydrogen (secondary N) is 1. The van der Waals surface area contributed by atoms with Crippen molar-refractivity contribution in [1.82, 2.24) is 0 Å². The molecule has 1 N–H and O–H groups in total. The van der Waals surface area contributed by atoms with Crippen LogP contribution in [0.2, 0.25) is 10.0 Å². The molecule has 1 aliphatic rings. The monoisotopic (exact) mass is 217 g/mol. The molecular formula is C9H9Cl2NO. The summed E-state index contributed by atoms with van der Waals surface area (Å²) in [6.45, 7) is 2.80. The van der Waals surface area contributed by atoms with Gasteiger partial charge in [0.1, 0.15) is 11.9 Å². The lowest BCUT2D eigenvalue weighted by Gasteiger charge is -2.25. The molecule has 0 saturated carbocycles. The topological polar surface area (TPSA) is 21.3 Å². The Morgan fingerprint density at radius 1 is 1.38 bits per heavy atom. The van der Waals surface area contributed by atoms with Crippen LogP contribution in [0.3, 0.4) is 0 Å². The van der Waals surface area contributed by atoms with E-state index in [1.54, 1.807) is 12.1 Å². The predicted molar refractivity (Wildman–Crippen MR) is 55.0 cm³/mol. The molecule has 0 radical (unpaired) electrons. The summed E-state index contributed by atoms with van der Waals surface area (Å²) in [6.07, 6.45) is 0.171. The predicted octanol–water partition coefficient (Wildman–Crippen LogP) is 3.19. The van der Waals surface area contributed by atoms with E-state index in [0.29, 0.717) is 10.0 Å². The van der Waals surface area contributed by atoms with Crippen LogP contribution in [0, 0.1) is 0 Å². The van der Waals surface area contributed by atoms with Crippen LogP contribution in [0.4, 0.5) is 5.69 Å². The van der Waals surface area contributed by atoms with E-state index in [9.17, 15) is 0 Å². The first-order valence-electron chi connectivity index (χ1n) is 4.06. The van der Waals surface area contributed by atoms with E-state index in [2.05, 4.69) is 5.32 Å². The molecule has 0 bridgehead atoms.